The van der Waals surface area contributed by atoms with Gasteiger partial charge >= 0.3 is 5.97 Å². The lowest BCUT2D eigenvalue weighted by atomic mass is 9.72. The molecule has 0 amide bonds. The number of Topliss-reactive ketones (excluding diaryl/α,β-unsaturated/α-hetero) is 1. The number of hydrogen-bond donors (Lipinski definition) is 2. The smallest absolute Gasteiger partial charge is 0.337 e. The molecule has 0 radical (unpaired) electrons. The summed E-state index contributed by atoms with van der Waals surface area (Å²) in [5.74, 6) is 1.32. The zero-order valence-electron chi connectivity index (χ0n) is 26.5. The van der Waals surface area contributed by atoms with Crippen LogP contribution in [0.5, 0.6) is 28.7 Å². The van der Waals surface area contributed by atoms with Gasteiger partial charge in [-0.2, -0.15) is 5.10 Å². The molecule has 0 saturated heterocycles. The van der Waals surface area contributed by atoms with E-state index < -0.39 is 11.9 Å². The van der Waals surface area contributed by atoms with Crippen LogP contribution in [0.2, 0.25) is 0 Å². The van der Waals surface area contributed by atoms with Gasteiger partial charge in [0.1, 0.15) is 5.82 Å². The molecule has 6 rings (SSSR count). The van der Waals surface area contributed by atoms with E-state index in [1.54, 1.807) is 57.4 Å². The highest BCUT2D eigenvalue weighted by molar-refractivity contribution is 6.02. The number of nitrogens with one attached hydrogen (secondary N) is 1. The van der Waals surface area contributed by atoms with Crippen LogP contribution in [0.15, 0.2) is 65.9 Å². The highest BCUT2D eigenvalue weighted by Crippen LogP contribution is 2.52. The zero-order chi connectivity index (χ0) is 32.7. The number of hydrogen-bond acceptors (Lipinski definition) is 9. The number of benzene rings is 3. The van der Waals surface area contributed by atoms with Crippen molar-refractivity contribution in [1.29, 1.82) is 0 Å². The monoisotopic (exact) mass is 625 g/mol. The lowest BCUT2D eigenvalue weighted by molar-refractivity contribution is -0.116. The topological polar surface area (TPSA) is 130 Å². The Bertz CT molecular complexity index is 1870. The van der Waals surface area contributed by atoms with Crippen LogP contribution in [-0.4, -0.2) is 62.2 Å². The van der Waals surface area contributed by atoms with Crippen LogP contribution < -0.4 is 29.0 Å². The van der Waals surface area contributed by atoms with Crippen LogP contribution in [0.25, 0.3) is 5.69 Å². The standard InChI is InChI=1S/C35H35N3O8/c1-18-30-31(21-16-28(44-4)33(46-6)29(17-21)45-5)32-23(36-34(30)38(37-18)24-10-8-7-9-22(24)35(40)41)13-20(14-25(32)39)19-11-12-26(42-2)27(15-19)43-3/h7-12,15-17,20,31,36H,13-14H2,1-6H3,(H,40,41). The number of aryl methyl sites for hydroxylation is 1. The number of allylic oxidation sites excluding steroid dienone is 2. The molecule has 0 saturated carbocycles. The summed E-state index contributed by atoms with van der Waals surface area (Å²) in [7, 11) is 7.80. The van der Waals surface area contributed by atoms with Gasteiger partial charge in [-0.1, -0.05) is 18.2 Å². The Balaban J connectivity index is 1.57. The van der Waals surface area contributed by atoms with E-state index >= 15 is 0 Å². The highest BCUT2D eigenvalue weighted by Gasteiger charge is 2.42. The van der Waals surface area contributed by atoms with Crippen LogP contribution in [0.4, 0.5) is 5.82 Å². The number of fused-ring (bicyclic) bond motifs is 1. The van der Waals surface area contributed by atoms with E-state index in [9.17, 15) is 14.7 Å². The predicted molar refractivity (Wildman–Crippen MR) is 170 cm³/mol. The second kappa shape index (κ2) is 12.2. The lowest BCUT2D eigenvalue weighted by Crippen LogP contribution is -2.30. The minimum Gasteiger partial charge on any atom is -0.493 e. The molecule has 11 nitrogen and oxygen atoms in total. The first-order chi connectivity index (χ1) is 22.2. The van der Waals surface area contributed by atoms with Crippen molar-refractivity contribution in [3.8, 4) is 34.4 Å². The first kappa shape index (κ1) is 30.6. The second-order valence-corrected chi connectivity index (χ2v) is 11.1. The van der Waals surface area contributed by atoms with Crippen molar-refractivity contribution < 1.29 is 38.4 Å². The number of ketones is 1. The van der Waals surface area contributed by atoms with E-state index in [0.29, 0.717) is 57.9 Å². The molecule has 2 aliphatic rings. The Kier molecular flexibility index (Phi) is 8.08. The lowest BCUT2D eigenvalue weighted by Gasteiger charge is -2.36. The summed E-state index contributed by atoms with van der Waals surface area (Å²) in [4.78, 5) is 26.6. The Morgan fingerprint density at radius 1 is 0.848 bits per heavy atom. The molecule has 4 aromatic rings. The number of methoxy groups -OCH3 is 5. The van der Waals surface area contributed by atoms with Gasteiger partial charge < -0.3 is 34.1 Å². The second-order valence-electron chi connectivity index (χ2n) is 11.1. The van der Waals surface area contributed by atoms with Crippen molar-refractivity contribution >= 4 is 17.6 Å². The quantitative estimate of drug-likeness (QED) is 0.233. The maximum atomic E-state index is 14.3. The third kappa shape index (κ3) is 4.97. The zero-order valence-corrected chi connectivity index (χ0v) is 26.5. The third-order valence-corrected chi connectivity index (χ3v) is 8.72. The number of carbonyl (C=O) groups is 2. The van der Waals surface area contributed by atoms with Crippen molar-refractivity contribution in [3.05, 3.63) is 93.8 Å². The molecule has 1 aliphatic heterocycles. The number of para-hydroxylation sites is 1. The van der Waals surface area contributed by atoms with E-state index in [1.807, 2.05) is 37.3 Å². The van der Waals surface area contributed by atoms with Gasteiger partial charge in [0.15, 0.2) is 28.8 Å². The summed E-state index contributed by atoms with van der Waals surface area (Å²) in [6.07, 6.45) is 0.795. The van der Waals surface area contributed by atoms with Crippen molar-refractivity contribution in [2.75, 3.05) is 40.9 Å². The molecule has 2 N–H and O–H groups in total. The van der Waals surface area contributed by atoms with Crippen LogP contribution in [0.1, 0.15) is 57.4 Å². The van der Waals surface area contributed by atoms with Crippen LogP contribution >= 0.6 is 0 Å². The van der Waals surface area contributed by atoms with Gasteiger partial charge in [-0.15, -0.1) is 0 Å². The molecule has 1 aromatic heterocycles. The van der Waals surface area contributed by atoms with E-state index in [0.717, 1.165) is 22.4 Å². The molecule has 3 aromatic carbocycles. The minimum absolute atomic E-state index is 0.0176. The fourth-order valence-corrected chi connectivity index (χ4v) is 6.63. The molecule has 0 bridgehead atoms. The summed E-state index contributed by atoms with van der Waals surface area (Å²) in [5.41, 5.74) is 4.94. The van der Waals surface area contributed by atoms with Crippen LogP contribution in [0.3, 0.4) is 0 Å². The largest absolute Gasteiger partial charge is 0.493 e. The minimum atomic E-state index is -1.07. The molecule has 46 heavy (non-hydrogen) atoms. The first-order valence-corrected chi connectivity index (χ1v) is 14.7. The van der Waals surface area contributed by atoms with Gasteiger partial charge in [-0.05, 0) is 66.8 Å². The number of carbonyl (C=O) groups excluding carboxylic acids is 1. The molecule has 0 fully saturated rings. The number of aromatic carboxylic acids is 1. The number of anilines is 1. The fourth-order valence-electron chi connectivity index (χ4n) is 6.63. The average Bonchev–Trinajstić information content (AvgIpc) is 3.41. The summed E-state index contributed by atoms with van der Waals surface area (Å²) in [6.45, 7) is 1.86. The Hall–Kier alpha value is -5.45. The van der Waals surface area contributed by atoms with Crippen molar-refractivity contribution in [2.24, 2.45) is 0 Å². The summed E-state index contributed by atoms with van der Waals surface area (Å²) >= 11 is 0. The van der Waals surface area contributed by atoms with Gasteiger partial charge in [0.05, 0.1) is 52.5 Å². The normalized spacial score (nSPS) is 17.0. The molecule has 2 atom stereocenters. The van der Waals surface area contributed by atoms with E-state index in [1.165, 1.54) is 7.11 Å². The number of rotatable bonds is 9. The fraction of sp³-hybridized carbons (Fsp3) is 0.286. The average molecular weight is 626 g/mol. The van der Waals surface area contributed by atoms with Gasteiger partial charge in [0.2, 0.25) is 5.75 Å². The summed E-state index contributed by atoms with van der Waals surface area (Å²) in [5, 5.41) is 18.4. The number of ether oxygens (including phenoxy) is 5. The molecule has 0 spiro atoms. The SMILES string of the molecule is COc1ccc(C2CC(=O)C3=C(C2)Nc2c(c(C)nn2-c2ccccc2C(=O)O)C3c2cc(OC)c(OC)c(OC)c2)cc1OC. The van der Waals surface area contributed by atoms with Crippen molar-refractivity contribution in [1.82, 2.24) is 9.78 Å². The Morgan fingerprint density at radius 3 is 2.13 bits per heavy atom. The molecule has 1 aliphatic carbocycles. The number of aromatic nitrogens is 2. The molecule has 11 heteroatoms. The van der Waals surface area contributed by atoms with Crippen LogP contribution in [0, 0.1) is 6.92 Å². The van der Waals surface area contributed by atoms with Crippen molar-refractivity contribution in [2.45, 2.75) is 31.6 Å². The van der Waals surface area contributed by atoms with Crippen LogP contribution in [-0.2, 0) is 4.79 Å². The molecule has 2 heterocycles. The highest BCUT2D eigenvalue weighted by atomic mass is 16.5. The van der Waals surface area contributed by atoms with E-state index in [-0.39, 0.29) is 23.7 Å². The van der Waals surface area contributed by atoms with Gasteiger partial charge in [0.25, 0.3) is 0 Å². The maximum Gasteiger partial charge on any atom is 0.337 e. The molecular formula is C35H35N3O8. The molecule has 2 unspecified atom stereocenters. The number of carboxylic acid groups (broad SMARTS) is 1. The van der Waals surface area contributed by atoms with E-state index in [4.69, 9.17) is 28.8 Å². The first-order valence-electron chi connectivity index (χ1n) is 14.7. The van der Waals surface area contributed by atoms with Gasteiger partial charge in [-0.3, -0.25) is 4.79 Å². The summed E-state index contributed by atoms with van der Waals surface area (Å²) in [6, 6.07) is 16.1. The third-order valence-electron chi connectivity index (χ3n) is 8.72. The predicted octanol–water partition coefficient (Wildman–Crippen LogP) is 5.88. The van der Waals surface area contributed by atoms with E-state index in [2.05, 4.69) is 5.32 Å². The maximum absolute atomic E-state index is 14.3. The Morgan fingerprint density at radius 2 is 1.50 bits per heavy atom. The van der Waals surface area contributed by atoms with Gasteiger partial charge in [0, 0.05) is 29.2 Å². The number of carboxylic acids is 1. The summed E-state index contributed by atoms with van der Waals surface area (Å²) < 4.78 is 29.6. The van der Waals surface area contributed by atoms with Gasteiger partial charge in [-0.25, -0.2) is 9.48 Å². The number of nitrogens with zero attached hydrogens (tertiary/aromatic N) is 2. The van der Waals surface area contributed by atoms with Crippen molar-refractivity contribution in [3.63, 3.8) is 0 Å². The molecular weight excluding hydrogens is 590 g/mol. The molecule has 238 valence electrons. The Labute approximate surface area is 266 Å².